The Morgan fingerprint density at radius 1 is 0.446 bits per heavy atom. The summed E-state index contributed by atoms with van der Waals surface area (Å²) < 4.78 is 5.96. The number of hydrogen-bond acceptors (Lipinski definition) is 5. The molecular weight excluding hydrogens is 803 g/mol. The maximum Gasteiger partial charge on any atom is 0.306 e. The minimum atomic E-state index is -0.787. The van der Waals surface area contributed by atoms with Crippen LogP contribution in [-0.2, 0) is 14.3 Å². The number of carbonyl (C=O) groups is 2. The first-order chi connectivity index (χ1) is 32.0. The molecule has 6 heteroatoms. The maximum absolute atomic E-state index is 13.3. The Bertz CT molecular complexity index is 1030. The molecule has 0 aliphatic heterocycles. The molecule has 1 amide bonds. The van der Waals surface area contributed by atoms with Gasteiger partial charge in [0, 0.05) is 6.42 Å². The molecule has 0 aromatic heterocycles. The number of hydrogen-bond donors (Lipinski definition) is 3. The van der Waals surface area contributed by atoms with Crippen LogP contribution < -0.4 is 5.32 Å². The van der Waals surface area contributed by atoms with E-state index in [1.54, 1.807) is 0 Å². The fourth-order valence-electron chi connectivity index (χ4n) is 9.13. The molecule has 65 heavy (non-hydrogen) atoms. The number of amides is 1. The van der Waals surface area contributed by atoms with Gasteiger partial charge in [-0.1, -0.05) is 276 Å². The molecule has 0 spiro atoms. The van der Waals surface area contributed by atoms with E-state index in [2.05, 4.69) is 50.4 Å². The van der Waals surface area contributed by atoms with Crippen LogP contribution in [0, 0.1) is 0 Å². The van der Waals surface area contributed by atoms with Crippen molar-refractivity contribution >= 4 is 11.9 Å². The van der Waals surface area contributed by atoms with Gasteiger partial charge in [0.15, 0.2) is 0 Å². The van der Waals surface area contributed by atoms with Crippen LogP contribution >= 0.6 is 0 Å². The summed E-state index contributed by atoms with van der Waals surface area (Å²) in [6.07, 6.45) is 62.4. The monoisotopic (exact) mass is 916 g/mol. The van der Waals surface area contributed by atoms with E-state index in [9.17, 15) is 19.8 Å². The Morgan fingerprint density at radius 3 is 1.14 bits per heavy atom. The molecule has 3 atom stereocenters. The number of rotatable bonds is 53. The molecule has 0 heterocycles. The molecular formula is C59H113NO5. The van der Waals surface area contributed by atoms with Crippen LogP contribution in [0.5, 0.6) is 0 Å². The van der Waals surface area contributed by atoms with Crippen molar-refractivity contribution in [2.45, 2.75) is 334 Å². The maximum atomic E-state index is 13.3. The number of esters is 1. The van der Waals surface area contributed by atoms with Crippen LogP contribution in [0.25, 0.3) is 0 Å². The number of carbonyl (C=O) groups excluding carboxylic acids is 2. The smallest absolute Gasteiger partial charge is 0.306 e. The van der Waals surface area contributed by atoms with Crippen molar-refractivity contribution in [3.8, 4) is 0 Å². The van der Waals surface area contributed by atoms with Crippen molar-refractivity contribution in [1.82, 2.24) is 5.32 Å². The topological polar surface area (TPSA) is 95.9 Å². The van der Waals surface area contributed by atoms with E-state index in [1.807, 2.05) is 0 Å². The van der Waals surface area contributed by atoms with Crippen LogP contribution in [-0.4, -0.2) is 46.9 Å². The van der Waals surface area contributed by atoms with Gasteiger partial charge in [-0.15, -0.1) is 0 Å². The minimum absolute atomic E-state index is 0.0774. The first-order valence-corrected chi connectivity index (χ1v) is 29.1. The average molecular weight is 917 g/mol. The van der Waals surface area contributed by atoms with E-state index < -0.39 is 18.2 Å². The van der Waals surface area contributed by atoms with Crippen LogP contribution in [0.1, 0.15) is 316 Å². The van der Waals surface area contributed by atoms with Crippen molar-refractivity contribution in [3.63, 3.8) is 0 Å². The first kappa shape index (κ1) is 63.3. The highest BCUT2D eigenvalue weighted by molar-refractivity contribution is 5.77. The lowest BCUT2D eigenvalue weighted by molar-refractivity contribution is -0.151. The summed E-state index contributed by atoms with van der Waals surface area (Å²) in [6, 6.07) is -0.700. The largest absolute Gasteiger partial charge is 0.462 e. The molecule has 3 unspecified atom stereocenters. The molecule has 0 saturated carbocycles. The zero-order valence-electron chi connectivity index (χ0n) is 43.9. The van der Waals surface area contributed by atoms with Gasteiger partial charge in [0.05, 0.1) is 25.2 Å². The highest BCUT2D eigenvalue weighted by Crippen LogP contribution is 2.19. The highest BCUT2D eigenvalue weighted by atomic mass is 16.5. The molecule has 0 bridgehead atoms. The van der Waals surface area contributed by atoms with E-state index in [1.165, 1.54) is 218 Å². The predicted molar refractivity (Wildman–Crippen MR) is 283 cm³/mol. The fraction of sp³-hybridized carbons (Fsp3) is 0.898. The average Bonchev–Trinajstić information content (AvgIpc) is 3.30. The third-order valence-corrected chi connectivity index (χ3v) is 13.6. The Morgan fingerprint density at radius 2 is 0.769 bits per heavy atom. The molecule has 0 aromatic carbocycles. The van der Waals surface area contributed by atoms with Crippen molar-refractivity contribution in [2.24, 2.45) is 0 Å². The lowest BCUT2D eigenvalue weighted by Gasteiger charge is -2.24. The Balaban J connectivity index is 4.51. The number of allylic oxidation sites excluding steroid dienone is 4. The molecule has 6 nitrogen and oxygen atoms in total. The van der Waals surface area contributed by atoms with Crippen molar-refractivity contribution in [1.29, 1.82) is 0 Å². The van der Waals surface area contributed by atoms with Gasteiger partial charge >= 0.3 is 5.97 Å². The van der Waals surface area contributed by atoms with Gasteiger partial charge < -0.3 is 20.3 Å². The molecule has 0 aliphatic rings. The second-order valence-corrected chi connectivity index (χ2v) is 20.1. The number of aliphatic hydroxyl groups excluding tert-OH is 2. The zero-order valence-corrected chi connectivity index (χ0v) is 43.9. The van der Waals surface area contributed by atoms with E-state index >= 15 is 0 Å². The molecule has 0 saturated heterocycles. The lowest BCUT2D eigenvalue weighted by Crippen LogP contribution is -2.46. The standard InChI is InChI=1S/C59H113NO5/c1-4-7-10-13-16-19-22-25-27-28-29-31-34-37-40-43-46-49-52-59(64)65-55(50-47-44-41-38-35-32-24-21-18-15-12-9-6-3)53-58(63)60-56(54-61)57(62)51-48-45-42-39-36-33-30-26-23-20-17-14-11-8-5-2/h27-29,31,55-57,61-62H,4-26,30,32-54H2,1-3H3,(H,60,63)/b28-27+,31-29+. The number of aliphatic hydroxyl groups is 2. The molecule has 0 aromatic rings. The molecule has 0 radical (unpaired) electrons. The molecule has 0 fully saturated rings. The summed E-state index contributed by atoms with van der Waals surface area (Å²) in [5, 5.41) is 23.9. The summed E-state index contributed by atoms with van der Waals surface area (Å²) in [7, 11) is 0. The number of ether oxygens (including phenoxy) is 1. The van der Waals surface area contributed by atoms with Crippen molar-refractivity contribution < 1.29 is 24.5 Å². The number of unbranched alkanes of at least 4 members (excludes halogenated alkanes) is 38. The summed E-state index contributed by atoms with van der Waals surface area (Å²) in [5.74, 6) is -0.472. The quantitative estimate of drug-likeness (QED) is 0.0321. The van der Waals surface area contributed by atoms with Gasteiger partial charge in [-0.3, -0.25) is 9.59 Å². The van der Waals surface area contributed by atoms with Crippen molar-refractivity contribution in [3.05, 3.63) is 24.3 Å². The summed E-state index contributed by atoms with van der Waals surface area (Å²) in [5.41, 5.74) is 0. The second-order valence-electron chi connectivity index (χ2n) is 20.1. The highest BCUT2D eigenvalue weighted by Gasteiger charge is 2.24. The van der Waals surface area contributed by atoms with Crippen LogP contribution in [0.15, 0.2) is 24.3 Å². The molecule has 0 rings (SSSR count). The minimum Gasteiger partial charge on any atom is -0.462 e. The fourth-order valence-corrected chi connectivity index (χ4v) is 9.13. The Labute approximate surface area is 405 Å². The van der Waals surface area contributed by atoms with Gasteiger partial charge in [0.1, 0.15) is 6.10 Å². The Hall–Kier alpha value is -1.66. The Kier molecular flexibility index (Phi) is 51.9. The predicted octanol–water partition coefficient (Wildman–Crippen LogP) is 17.9. The first-order valence-electron chi connectivity index (χ1n) is 29.1. The van der Waals surface area contributed by atoms with Gasteiger partial charge in [-0.25, -0.2) is 0 Å². The number of nitrogens with one attached hydrogen (secondary N) is 1. The van der Waals surface area contributed by atoms with Gasteiger partial charge in [-0.2, -0.15) is 0 Å². The van der Waals surface area contributed by atoms with E-state index in [0.717, 1.165) is 51.4 Å². The van der Waals surface area contributed by atoms with Crippen LogP contribution in [0.4, 0.5) is 0 Å². The van der Waals surface area contributed by atoms with E-state index in [-0.39, 0.29) is 24.9 Å². The van der Waals surface area contributed by atoms with Crippen molar-refractivity contribution in [2.75, 3.05) is 6.61 Å². The van der Waals surface area contributed by atoms with Gasteiger partial charge in [0.2, 0.25) is 5.91 Å². The van der Waals surface area contributed by atoms with Gasteiger partial charge in [-0.05, 0) is 51.4 Å². The normalized spacial score (nSPS) is 13.2. The van der Waals surface area contributed by atoms with Crippen LogP contribution in [0.2, 0.25) is 0 Å². The van der Waals surface area contributed by atoms with E-state index in [4.69, 9.17) is 4.74 Å². The third kappa shape index (κ3) is 48.6. The van der Waals surface area contributed by atoms with E-state index in [0.29, 0.717) is 19.3 Å². The lowest BCUT2D eigenvalue weighted by atomic mass is 10.0. The SMILES string of the molecule is CCCCCCCCC/C=C/C=C/CCCCCCCC(=O)OC(CCCCCCCCCCCCCCC)CC(=O)NC(CO)C(O)CCCCCCCCCCCCCCCCC. The molecule has 3 N–H and O–H groups in total. The summed E-state index contributed by atoms with van der Waals surface area (Å²) >= 11 is 0. The molecule has 384 valence electrons. The molecule has 0 aliphatic carbocycles. The third-order valence-electron chi connectivity index (χ3n) is 13.6. The second kappa shape index (κ2) is 53.3. The van der Waals surface area contributed by atoms with Crippen LogP contribution in [0.3, 0.4) is 0 Å². The zero-order chi connectivity index (χ0) is 47.4. The summed E-state index contributed by atoms with van der Waals surface area (Å²) in [6.45, 7) is 6.51. The summed E-state index contributed by atoms with van der Waals surface area (Å²) in [4.78, 5) is 26.3. The van der Waals surface area contributed by atoms with Gasteiger partial charge in [0.25, 0.3) is 0 Å².